The molecule has 0 unspecified atom stereocenters. The first-order valence-corrected chi connectivity index (χ1v) is 15.5. The first-order chi connectivity index (χ1) is 21.5. The number of carbonyl (C=O) groups is 1. The highest BCUT2D eigenvalue weighted by molar-refractivity contribution is 6.06. The molecule has 0 bridgehead atoms. The average molecular weight is 589 g/mol. The number of fused-ring (bicyclic) bond motifs is 4. The SMILES string of the molecule is CCn1c(=O)n2n(c1=O)[C@@]1(C=C3CCCC[C@H]32)N=C(NC(=O)c2ccccc2)N(Cc2ccccc2)[C@H]1Cc1ccccc1. The second-order valence-electron chi connectivity index (χ2n) is 11.8. The van der Waals surface area contributed by atoms with Crippen LogP contribution in [0.4, 0.5) is 0 Å². The molecule has 3 atom stereocenters. The van der Waals surface area contributed by atoms with E-state index < -0.39 is 11.7 Å². The Kier molecular flexibility index (Phi) is 7.16. The zero-order valence-corrected chi connectivity index (χ0v) is 24.8. The third-order valence-corrected chi connectivity index (χ3v) is 9.18. The Morgan fingerprint density at radius 3 is 2.23 bits per heavy atom. The van der Waals surface area contributed by atoms with Gasteiger partial charge in [0.25, 0.3) is 5.91 Å². The minimum absolute atomic E-state index is 0.180. The van der Waals surface area contributed by atoms with Crippen molar-refractivity contribution < 1.29 is 4.79 Å². The van der Waals surface area contributed by atoms with Crippen LogP contribution in [0.5, 0.6) is 0 Å². The van der Waals surface area contributed by atoms with Crippen LogP contribution >= 0.6 is 0 Å². The summed E-state index contributed by atoms with van der Waals surface area (Å²) in [6.07, 6.45) is 6.32. The Labute approximate surface area is 255 Å². The number of aliphatic imine (C=N–C) groups is 1. The second-order valence-corrected chi connectivity index (χ2v) is 11.8. The molecular weight excluding hydrogens is 552 g/mol. The summed E-state index contributed by atoms with van der Waals surface area (Å²) in [6, 6.07) is 28.6. The normalized spacial score (nSPS) is 22.2. The molecule has 3 heterocycles. The fraction of sp³-hybridized carbons (Fsp3) is 0.314. The quantitative estimate of drug-likeness (QED) is 0.337. The average Bonchev–Trinajstić information content (AvgIpc) is 3.48. The van der Waals surface area contributed by atoms with Crippen molar-refractivity contribution in [3.63, 3.8) is 0 Å². The van der Waals surface area contributed by atoms with Gasteiger partial charge in [0.1, 0.15) is 0 Å². The summed E-state index contributed by atoms with van der Waals surface area (Å²) in [4.78, 5) is 49.1. The summed E-state index contributed by atoms with van der Waals surface area (Å²) in [6.45, 7) is 2.54. The zero-order valence-electron chi connectivity index (χ0n) is 24.8. The molecule has 1 amide bonds. The maximum absolute atomic E-state index is 14.2. The molecule has 1 spiro atoms. The standard InChI is InChI=1S/C35H36N6O3/c1-2-38-33(43)40-29-21-13-12-20-28(29)23-35(41(40)34(38)44)30(22-25-14-6-3-7-15-25)39(24-26-16-8-4-9-17-26)32(37-35)36-31(42)27-18-10-5-11-19-27/h3-11,14-19,23,29-30H,2,12-13,20-22,24H2,1H3,(H,36,37,42)/t29-,30+,35-/m1/s1. The highest BCUT2D eigenvalue weighted by Crippen LogP contribution is 2.45. The summed E-state index contributed by atoms with van der Waals surface area (Å²) in [5, 5.41) is 3.11. The molecule has 1 saturated carbocycles. The van der Waals surface area contributed by atoms with E-state index in [9.17, 15) is 14.4 Å². The van der Waals surface area contributed by atoms with Gasteiger partial charge in [0.2, 0.25) is 5.96 Å². The molecular formula is C35H36N6O3. The number of rotatable bonds is 6. The number of carbonyl (C=O) groups excluding carboxylic acids is 1. The molecule has 1 aromatic heterocycles. The van der Waals surface area contributed by atoms with Crippen LogP contribution in [-0.2, 0) is 25.2 Å². The van der Waals surface area contributed by atoms with E-state index >= 15 is 0 Å². The van der Waals surface area contributed by atoms with Crippen LogP contribution in [0.25, 0.3) is 0 Å². The Morgan fingerprint density at radius 2 is 1.55 bits per heavy atom. The van der Waals surface area contributed by atoms with Crippen molar-refractivity contribution in [2.75, 3.05) is 0 Å². The van der Waals surface area contributed by atoms with Crippen molar-refractivity contribution in [3.05, 3.63) is 140 Å². The minimum Gasteiger partial charge on any atom is -0.330 e. The van der Waals surface area contributed by atoms with Crippen molar-refractivity contribution in [2.24, 2.45) is 4.99 Å². The van der Waals surface area contributed by atoms with Gasteiger partial charge in [-0.1, -0.05) is 85.3 Å². The number of amides is 1. The number of aromatic nitrogens is 3. The first-order valence-electron chi connectivity index (χ1n) is 15.5. The van der Waals surface area contributed by atoms with Gasteiger partial charge >= 0.3 is 11.4 Å². The molecule has 7 rings (SSSR count). The molecule has 4 aromatic rings. The molecule has 3 aliphatic rings. The molecule has 1 N–H and O–H groups in total. The lowest BCUT2D eigenvalue weighted by molar-refractivity contribution is 0.0968. The van der Waals surface area contributed by atoms with Gasteiger partial charge in [0.05, 0.1) is 12.1 Å². The number of nitrogens with zero attached hydrogens (tertiary/aromatic N) is 5. The summed E-state index contributed by atoms with van der Waals surface area (Å²) in [5.41, 5.74) is 1.82. The van der Waals surface area contributed by atoms with Crippen LogP contribution in [0.1, 0.15) is 60.1 Å². The van der Waals surface area contributed by atoms with Crippen molar-refractivity contribution >= 4 is 11.9 Å². The predicted molar refractivity (Wildman–Crippen MR) is 169 cm³/mol. The molecule has 1 aliphatic carbocycles. The van der Waals surface area contributed by atoms with Gasteiger partial charge in [-0.15, -0.1) is 0 Å². The maximum Gasteiger partial charge on any atom is 0.349 e. The maximum atomic E-state index is 14.2. The van der Waals surface area contributed by atoms with E-state index in [-0.39, 0.29) is 29.9 Å². The molecule has 9 nitrogen and oxygen atoms in total. The van der Waals surface area contributed by atoms with Crippen LogP contribution in [0, 0.1) is 0 Å². The van der Waals surface area contributed by atoms with Gasteiger partial charge in [-0.3, -0.25) is 10.1 Å². The summed E-state index contributed by atoms with van der Waals surface area (Å²) in [7, 11) is 0. The monoisotopic (exact) mass is 588 g/mol. The van der Waals surface area contributed by atoms with Gasteiger partial charge in [0.15, 0.2) is 5.66 Å². The topological polar surface area (TPSA) is 93.6 Å². The molecule has 3 aromatic carbocycles. The van der Waals surface area contributed by atoms with Crippen LogP contribution in [-0.4, -0.2) is 36.7 Å². The van der Waals surface area contributed by atoms with E-state index in [0.29, 0.717) is 24.5 Å². The lowest BCUT2D eigenvalue weighted by Gasteiger charge is -2.43. The van der Waals surface area contributed by atoms with E-state index in [2.05, 4.69) is 28.4 Å². The Hall–Kier alpha value is -4.92. The number of allylic oxidation sites excluding steroid dienone is 1. The minimum atomic E-state index is -1.25. The zero-order chi connectivity index (χ0) is 30.3. The number of benzene rings is 3. The van der Waals surface area contributed by atoms with Crippen LogP contribution in [0.3, 0.4) is 0 Å². The number of hydrogen-bond acceptors (Lipinski definition) is 5. The van der Waals surface area contributed by atoms with Crippen molar-refractivity contribution in [3.8, 4) is 0 Å². The third-order valence-electron chi connectivity index (χ3n) is 9.18. The number of hydrogen-bond donors (Lipinski definition) is 1. The Bertz CT molecular complexity index is 1860. The van der Waals surface area contributed by atoms with Gasteiger partial charge < -0.3 is 4.90 Å². The fourth-order valence-corrected chi connectivity index (χ4v) is 7.10. The Morgan fingerprint density at radius 1 is 0.886 bits per heavy atom. The molecule has 0 saturated heterocycles. The molecule has 224 valence electrons. The first kappa shape index (κ1) is 27.9. The van der Waals surface area contributed by atoms with E-state index in [1.54, 1.807) is 21.5 Å². The van der Waals surface area contributed by atoms with E-state index in [1.807, 2.05) is 73.7 Å². The van der Waals surface area contributed by atoms with Crippen LogP contribution in [0.2, 0.25) is 0 Å². The summed E-state index contributed by atoms with van der Waals surface area (Å²) >= 11 is 0. The molecule has 9 heteroatoms. The van der Waals surface area contributed by atoms with Crippen molar-refractivity contribution in [1.82, 2.24) is 24.1 Å². The third kappa shape index (κ3) is 4.63. The number of nitrogens with one attached hydrogen (secondary N) is 1. The predicted octanol–water partition coefficient (Wildman–Crippen LogP) is 4.45. The largest absolute Gasteiger partial charge is 0.349 e. The van der Waals surface area contributed by atoms with Gasteiger partial charge in [-0.25, -0.2) is 23.8 Å². The summed E-state index contributed by atoms with van der Waals surface area (Å²) < 4.78 is 4.58. The highest BCUT2D eigenvalue weighted by atomic mass is 16.2. The highest BCUT2D eigenvalue weighted by Gasteiger charge is 2.55. The molecule has 1 fully saturated rings. The van der Waals surface area contributed by atoms with Gasteiger partial charge in [0, 0.05) is 18.7 Å². The van der Waals surface area contributed by atoms with Gasteiger partial charge in [-0.2, -0.15) is 4.68 Å². The molecule has 0 radical (unpaired) electrons. The van der Waals surface area contributed by atoms with Crippen LogP contribution in [0.15, 0.2) is 117 Å². The van der Waals surface area contributed by atoms with Crippen LogP contribution < -0.4 is 16.7 Å². The fourth-order valence-electron chi connectivity index (χ4n) is 7.10. The van der Waals surface area contributed by atoms with Gasteiger partial charge in [-0.05, 0) is 67.5 Å². The summed E-state index contributed by atoms with van der Waals surface area (Å²) in [5.74, 6) is 0.0951. The molecule has 2 aliphatic heterocycles. The van der Waals surface area contributed by atoms with E-state index in [4.69, 9.17) is 4.99 Å². The van der Waals surface area contributed by atoms with E-state index in [0.717, 1.165) is 42.4 Å². The van der Waals surface area contributed by atoms with Crippen molar-refractivity contribution in [1.29, 1.82) is 0 Å². The second kappa shape index (κ2) is 11.3. The van der Waals surface area contributed by atoms with E-state index in [1.165, 1.54) is 4.57 Å². The molecule has 44 heavy (non-hydrogen) atoms. The number of guanidine groups is 1. The Balaban J connectivity index is 1.46. The smallest absolute Gasteiger partial charge is 0.330 e. The lowest BCUT2D eigenvalue weighted by Crippen LogP contribution is -2.57. The van der Waals surface area contributed by atoms with Crippen molar-refractivity contribution in [2.45, 2.75) is 69.9 Å². The lowest BCUT2D eigenvalue weighted by atomic mass is 9.83.